The molecule has 0 N–H and O–H groups in total. The summed E-state index contributed by atoms with van der Waals surface area (Å²) in [4.78, 5) is 38.3. The Kier molecular flexibility index (Phi) is 58.3. The van der Waals surface area contributed by atoms with Crippen molar-refractivity contribution in [2.24, 2.45) is 0 Å². The molecule has 0 aliphatic rings. The summed E-state index contributed by atoms with van der Waals surface area (Å²) in [5.41, 5.74) is 0. The third kappa shape index (κ3) is 59.0. The van der Waals surface area contributed by atoms with E-state index in [0.717, 1.165) is 135 Å². The molecule has 6 heteroatoms. The summed E-state index contributed by atoms with van der Waals surface area (Å²) in [7, 11) is 0. The van der Waals surface area contributed by atoms with Crippen LogP contribution in [0.5, 0.6) is 0 Å². The van der Waals surface area contributed by atoms with Gasteiger partial charge in [0, 0.05) is 19.3 Å². The zero-order valence-electron chi connectivity index (χ0n) is 48.3. The van der Waals surface area contributed by atoms with Crippen molar-refractivity contribution in [3.63, 3.8) is 0 Å². The van der Waals surface area contributed by atoms with Gasteiger partial charge in [0.2, 0.25) is 0 Å². The van der Waals surface area contributed by atoms with E-state index in [0.29, 0.717) is 12.8 Å². The van der Waals surface area contributed by atoms with Crippen LogP contribution in [0.25, 0.3) is 0 Å². The number of ether oxygens (including phenoxy) is 3. The van der Waals surface area contributed by atoms with E-state index < -0.39 is 6.10 Å². The van der Waals surface area contributed by atoms with Crippen LogP contribution in [-0.4, -0.2) is 37.2 Å². The fraction of sp³-hybridized carbons (Fsp3) is 0.691. The van der Waals surface area contributed by atoms with Crippen LogP contribution in [0, 0.1) is 0 Å². The minimum absolute atomic E-state index is 0.0988. The molecule has 0 bridgehead atoms. The first-order valence-electron chi connectivity index (χ1n) is 30.9. The minimum Gasteiger partial charge on any atom is -0.462 e. The van der Waals surface area contributed by atoms with E-state index in [1.165, 1.54) is 109 Å². The summed E-state index contributed by atoms with van der Waals surface area (Å²) >= 11 is 0. The van der Waals surface area contributed by atoms with E-state index in [1.807, 2.05) is 0 Å². The fourth-order valence-corrected chi connectivity index (χ4v) is 8.46. The van der Waals surface area contributed by atoms with Gasteiger partial charge in [-0.1, -0.05) is 271 Å². The highest BCUT2D eigenvalue weighted by Crippen LogP contribution is 2.16. The number of unbranched alkanes of at least 4 members (excludes halogenated alkanes) is 26. The quantitative estimate of drug-likeness (QED) is 0.0261. The van der Waals surface area contributed by atoms with E-state index in [1.54, 1.807) is 0 Å². The highest BCUT2D eigenvalue weighted by molar-refractivity contribution is 5.71. The topological polar surface area (TPSA) is 78.9 Å². The van der Waals surface area contributed by atoms with Gasteiger partial charge in [-0.3, -0.25) is 14.4 Å². The smallest absolute Gasteiger partial charge is 0.306 e. The van der Waals surface area contributed by atoms with Crippen molar-refractivity contribution >= 4 is 17.9 Å². The summed E-state index contributed by atoms with van der Waals surface area (Å²) in [6, 6.07) is 0. The van der Waals surface area contributed by atoms with Gasteiger partial charge in [-0.05, 0) is 103 Å². The number of hydrogen-bond acceptors (Lipinski definition) is 6. The lowest BCUT2D eigenvalue weighted by Gasteiger charge is -2.18. The van der Waals surface area contributed by atoms with Gasteiger partial charge in [-0.15, -0.1) is 0 Å². The molecular formula is C68H114O6. The van der Waals surface area contributed by atoms with Gasteiger partial charge in [-0.25, -0.2) is 0 Å². The standard InChI is InChI=1S/C68H114O6/c1-4-7-10-13-16-19-22-25-28-31-33-35-37-40-43-46-49-52-55-58-61-67(70)73-64-65(63-72-66(69)60-57-54-51-48-45-42-39-36-30-27-24-21-18-15-12-9-6-3)74-68(71)62-59-56-53-50-47-44-41-38-34-32-29-26-23-20-17-14-11-8-5-2/h8-9,11-12,17-18,20-21,26-27,29-30,34,38-39,42,44,47,65H,4-7,10,13-16,19,22-25,28,31-33,35-37,40-41,43,45-46,48-64H2,1-3H3/b11-8-,12-9-,20-17-,21-18-,29-26-,30-27-,38-34-,42-39-,47-44-. The van der Waals surface area contributed by atoms with Gasteiger partial charge in [-0.2, -0.15) is 0 Å². The number of hydrogen-bond donors (Lipinski definition) is 0. The average Bonchev–Trinajstić information content (AvgIpc) is 3.40. The Morgan fingerprint density at radius 2 is 0.527 bits per heavy atom. The van der Waals surface area contributed by atoms with Crippen molar-refractivity contribution in [1.82, 2.24) is 0 Å². The van der Waals surface area contributed by atoms with E-state index >= 15 is 0 Å². The van der Waals surface area contributed by atoms with Crippen molar-refractivity contribution in [3.8, 4) is 0 Å². The molecule has 74 heavy (non-hydrogen) atoms. The molecule has 1 unspecified atom stereocenters. The monoisotopic (exact) mass is 1030 g/mol. The summed E-state index contributed by atoms with van der Waals surface area (Å²) < 4.78 is 16.9. The number of esters is 3. The van der Waals surface area contributed by atoms with E-state index in [9.17, 15) is 14.4 Å². The summed E-state index contributed by atoms with van der Waals surface area (Å²) in [5.74, 6) is -0.949. The molecule has 0 rings (SSSR count). The fourth-order valence-electron chi connectivity index (χ4n) is 8.46. The Hall–Kier alpha value is -3.93. The molecule has 0 aromatic heterocycles. The maximum atomic E-state index is 12.9. The SMILES string of the molecule is CC/C=C\C/C=C\C/C=C\C/C=C\C/C=C\CCCCCC(=O)OC(COC(=O)CCCCCC/C=C\C/C=C\C/C=C\C/C=C\CC)COC(=O)CCCCCCCCCCCCCCCCCCCCCC. The molecule has 0 aliphatic carbocycles. The minimum atomic E-state index is -0.808. The lowest BCUT2D eigenvalue weighted by Crippen LogP contribution is -2.30. The lowest BCUT2D eigenvalue weighted by molar-refractivity contribution is -0.167. The first-order chi connectivity index (χ1) is 36.5. The third-order valence-electron chi connectivity index (χ3n) is 13.0. The number of allylic oxidation sites excluding steroid dienone is 18. The molecule has 0 aromatic rings. The molecule has 0 fully saturated rings. The Labute approximate surface area is 457 Å². The Bertz CT molecular complexity index is 1510. The van der Waals surface area contributed by atoms with Crippen LogP contribution in [-0.2, 0) is 28.6 Å². The van der Waals surface area contributed by atoms with Gasteiger partial charge in [0.05, 0.1) is 0 Å². The Balaban J connectivity index is 4.47. The average molecular weight is 1030 g/mol. The molecule has 0 heterocycles. The van der Waals surface area contributed by atoms with Gasteiger partial charge < -0.3 is 14.2 Å². The predicted molar refractivity (Wildman–Crippen MR) is 320 cm³/mol. The zero-order chi connectivity index (χ0) is 53.6. The zero-order valence-corrected chi connectivity index (χ0v) is 48.3. The predicted octanol–water partition coefficient (Wildman–Crippen LogP) is 21.0. The van der Waals surface area contributed by atoms with Crippen molar-refractivity contribution in [3.05, 3.63) is 109 Å². The van der Waals surface area contributed by atoms with Crippen LogP contribution in [0.1, 0.15) is 284 Å². The second kappa shape index (κ2) is 61.6. The molecular weight excluding hydrogens is 913 g/mol. The molecule has 0 radical (unpaired) electrons. The van der Waals surface area contributed by atoms with Crippen molar-refractivity contribution < 1.29 is 28.6 Å². The largest absolute Gasteiger partial charge is 0.462 e. The van der Waals surface area contributed by atoms with E-state index in [-0.39, 0.29) is 37.5 Å². The van der Waals surface area contributed by atoms with Gasteiger partial charge in [0.1, 0.15) is 13.2 Å². The first kappa shape index (κ1) is 70.1. The second-order valence-electron chi connectivity index (χ2n) is 20.2. The molecule has 422 valence electrons. The number of carbonyl (C=O) groups is 3. The van der Waals surface area contributed by atoms with Gasteiger partial charge >= 0.3 is 17.9 Å². The molecule has 6 nitrogen and oxygen atoms in total. The van der Waals surface area contributed by atoms with Crippen LogP contribution >= 0.6 is 0 Å². The third-order valence-corrected chi connectivity index (χ3v) is 13.0. The van der Waals surface area contributed by atoms with E-state index in [4.69, 9.17) is 14.2 Å². The maximum Gasteiger partial charge on any atom is 0.306 e. The highest BCUT2D eigenvalue weighted by Gasteiger charge is 2.19. The summed E-state index contributed by atoms with van der Waals surface area (Å²) in [6.45, 7) is 6.39. The van der Waals surface area contributed by atoms with E-state index in [2.05, 4.69) is 130 Å². The van der Waals surface area contributed by atoms with Crippen molar-refractivity contribution in [2.45, 2.75) is 290 Å². The van der Waals surface area contributed by atoms with Crippen LogP contribution < -0.4 is 0 Å². The van der Waals surface area contributed by atoms with Crippen LogP contribution in [0.2, 0.25) is 0 Å². The second-order valence-corrected chi connectivity index (χ2v) is 20.2. The van der Waals surface area contributed by atoms with Gasteiger partial charge in [0.15, 0.2) is 6.10 Å². The molecule has 0 amide bonds. The highest BCUT2D eigenvalue weighted by atomic mass is 16.6. The maximum absolute atomic E-state index is 12.9. The summed E-state index contributed by atoms with van der Waals surface area (Å²) in [5, 5.41) is 0. The normalized spacial score (nSPS) is 12.9. The molecule has 0 aliphatic heterocycles. The van der Waals surface area contributed by atoms with Crippen LogP contribution in [0.3, 0.4) is 0 Å². The molecule has 0 spiro atoms. The van der Waals surface area contributed by atoms with Crippen LogP contribution in [0.4, 0.5) is 0 Å². The molecule has 0 saturated carbocycles. The Morgan fingerprint density at radius 3 is 0.838 bits per heavy atom. The van der Waals surface area contributed by atoms with Crippen molar-refractivity contribution in [2.75, 3.05) is 13.2 Å². The van der Waals surface area contributed by atoms with Crippen LogP contribution in [0.15, 0.2) is 109 Å². The molecule has 0 aromatic carbocycles. The van der Waals surface area contributed by atoms with Crippen molar-refractivity contribution in [1.29, 1.82) is 0 Å². The number of rotatable bonds is 55. The number of carbonyl (C=O) groups excluding carboxylic acids is 3. The molecule has 1 atom stereocenters. The molecule has 0 saturated heterocycles. The Morgan fingerprint density at radius 1 is 0.284 bits per heavy atom. The van der Waals surface area contributed by atoms with Gasteiger partial charge in [0.25, 0.3) is 0 Å². The first-order valence-corrected chi connectivity index (χ1v) is 30.9. The summed E-state index contributed by atoms with van der Waals surface area (Å²) in [6.07, 6.45) is 83.7. The lowest BCUT2D eigenvalue weighted by atomic mass is 10.0.